The lowest BCUT2D eigenvalue weighted by molar-refractivity contribution is 0.443. The average molecular weight is 326 g/mol. The van der Waals surface area contributed by atoms with Crippen molar-refractivity contribution in [2.24, 2.45) is 5.92 Å². The predicted molar refractivity (Wildman–Crippen MR) is 87.0 cm³/mol. The molecule has 0 amide bonds. The molecule has 0 saturated heterocycles. The van der Waals surface area contributed by atoms with E-state index in [-0.39, 0.29) is 5.38 Å². The van der Waals surface area contributed by atoms with Crippen molar-refractivity contribution in [1.82, 2.24) is 0 Å². The van der Waals surface area contributed by atoms with Crippen molar-refractivity contribution in [1.29, 1.82) is 0 Å². The van der Waals surface area contributed by atoms with E-state index in [0.717, 1.165) is 24.8 Å². The Bertz CT molecular complexity index is 621. The van der Waals surface area contributed by atoms with Gasteiger partial charge in [0.1, 0.15) is 0 Å². The van der Waals surface area contributed by atoms with Gasteiger partial charge in [-0.3, -0.25) is 0 Å². The molecular formula is C17H15Cl3. The fraction of sp³-hybridized carbons (Fsp3) is 0.294. The molecule has 104 valence electrons. The molecule has 0 heterocycles. The van der Waals surface area contributed by atoms with Gasteiger partial charge in [0.15, 0.2) is 0 Å². The summed E-state index contributed by atoms with van der Waals surface area (Å²) in [6.45, 7) is 0. The maximum atomic E-state index is 6.69. The fourth-order valence-corrected chi connectivity index (χ4v) is 3.82. The summed E-state index contributed by atoms with van der Waals surface area (Å²) < 4.78 is 0. The van der Waals surface area contributed by atoms with E-state index in [1.54, 1.807) is 6.07 Å². The summed E-state index contributed by atoms with van der Waals surface area (Å²) >= 11 is 19.0. The van der Waals surface area contributed by atoms with Crippen molar-refractivity contribution in [2.45, 2.75) is 24.6 Å². The van der Waals surface area contributed by atoms with Crippen LogP contribution in [0.5, 0.6) is 0 Å². The zero-order valence-electron chi connectivity index (χ0n) is 11.0. The second-order valence-corrected chi connectivity index (χ2v) is 6.65. The molecule has 20 heavy (non-hydrogen) atoms. The Balaban J connectivity index is 1.85. The minimum absolute atomic E-state index is 0.0884. The van der Waals surface area contributed by atoms with Gasteiger partial charge in [-0.15, -0.1) is 11.6 Å². The second-order valence-electron chi connectivity index (χ2n) is 5.34. The Labute approximate surface area is 134 Å². The molecule has 0 fully saturated rings. The first-order valence-electron chi connectivity index (χ1n) is 6.81. The molecule has 2 unspecified atom stereocenters. The van der Waals surface area contributed by atoms with Crippen molar-refractivity contribution in [2.75, 3.05) is 0 Å². The maximum Gasteiger partial charge on any atom is 0.0631 e. The van der Waals surface area contributed by atoms with E-state index in [1.807, 2.05) is 12.1 Å². The summed E-state index contributed by atoms with van der Waals surface area (Å²) in [4.78, 5) is 0. The van der Waals surface area contributed by atoms with Crippen LogP contribution in [-0.4, -0.2) is 0 Å². The topological polar surface area (TPSA) is 0 Å². The quantitative estimate of drug-likeness (QED) is 0.587. The van der Waals surface area contributed by atoms with Crippen molar-refractivity contribution >= 4 is 34.8 Å². The van der Waals surface area contributed by atoms with Crippen LogP contribution in [0.15, 0.2) is 42.5 Å². The van der Waals surface area contributed by atoms with Gasteiger partial charge in [0.05, 0.1) is 5.38 Å². The largest absolute Gasteiger partial charge is 0.117 e. The molecule has 2 aromatic carbocycles. The van der Waals surface area contributed by atoms with Crippen molar-refractivity contribution < 1.29 is 0 Å². The lowest BCUT2D eigenvalue weighted by Crippen LogP contribution is -2.18. The molecule has 0 spiro atoms. The molecule has 0 saturated carbocycles. The summed E-state index contributed by atoms with van der Waals surface area (Å²) in [5, 5.41) is 1.30. The van der Waals surface area contributed by atoms with Gasteiger partial charge in [-0.2, -0.15) is 0 Å². The van der Waals surface area contributed by atoms with Gasteiger partial charge >= 0.3 is 0 Å². The molecule has 0 aromatic heterocycles. The third-order valence-corrected chi connectivity index (χ3v) is 5.22. The van der Waals surface area contributed by atoms with Gasteiger partial charge in [-0.25, -0.2) is 0 Å². The number of fused-ring (bicyclic) bond motifs is 1. The maximum absolute atomic E-state index is 6.69. The minimum atomic E-state index is -0.0884. The van der Waals surface area contributed by atoms with Crippen LogP contribution >= 0.6 is 34.8 Å². The first kappa shape index (κ1) is 14.3. The zero-order chi connectivity index (χ0) is 14.1. The van der Waals surface area contributed by atoms with E-state index < -0.39 is 0 Å². The molecule has 0 bridgehead atoms. The van der Waals surface area contributed by atoms with E-state index in [2.05, 4.69) is 24.3 Å². The van der Waals surface area contributed by atoms with E-state index in [0.29, 0.717) is 16.0 Å². The van der Waals surface area contributed by atoms with Gasteiger partial charge in [-0.1, -0.05) is 47.5 Å². The zero-order valence-corrected chi connectivity index (χ0v) is 13.2. The summed E-state index contributed by atoms with van der Waals surface area (Å²) in [5.74, 6) is 0.405. The highest BCUT2D eigenvalue weighted by atomic mass is 35.5. The summed E-state index contributed by atoms with van der Waals surface area (Å²) in [5.41, 5.74) is 3.81. The van der Waals surface area contributed by atoms with E-state index >= 15 is 0 Å². The van der Waals surface area contributed by atoms with Crippen LogP contribution in [0, 0.1) is 5.92 Å². The third kappa shape index (κ3) is 2.83. The predicted octanol–water partition coefficient (Wildman–Crippen LogP) is 6.08. The lowest BCUT2D eigenvalue weighted by atomic mass is 9.80. The number of halogens is 3. The van der Waals surface area contributed by atoms with Gasteiger partial charge in [-0.05, 0) is 60.1 Å². The van der Waals surface area contributed by atoms with E-state index in [1.165, 1.54) is 11.1 Å². The molecule has 1 aliphatic rings. The molecule has 2 aromatic rings. The van der Waals surface area contributed by atoms with Crippen LogP contribution in [0.3, 0.4) is 0 Å². The molecule has 3 heteroatoms. The van der Waals surface area contributed by atoms with Crippen molar-refractivity contribution in [3.8, 4) is 0 Å². The van der Waals surface area contributed by atoms with Crippen LogP contribution in [0.2, 0.25) is 10.0 Å². The number of hydrogen-bond acceptors (Lipinski definition) is 0. The third-order valence-electron chi connectivity index (χ3n) is 4.05. The van der Waals surface area contributed by atoms with Gasteiger partial charge in [0.25, 0.3) is 0 Å². The Morgan fingerprint density at radius 1 is 1.00 bits per heavy atom. The molecule has 1 aliphatic carbocycles. The number of alkyl halides is 1. The van der Waals surface area contributed by atoms with Crippen LogP contribution in [0.1, 0.15) is 28.5 Å². The SMILES string of the molecule is Clc1ccc(Cl)c(C(Cl)C2CCc3ccccc3C2)c1. The van der Waals surface area contributed by atoms with Gasteiger partial charge in [0, 0.05) is 10.0 Å². The smallest absolute Gasteiger partial charge is 0.0631 e. The number of rotatable bonds is 2. The number of benzene rings is 2. The summed E-state index contributed by atoms with van der Waals surface area (Å²) in [6.07, 6.45) is 3.18. The molecule has 0 N–H and O–H groups in total. The Morgan fingerprint density at radius 3 is 2.55 bits per heavy atom. The highest BCUT2D eigenvalue weighted by Crippen LogP contribution is 2.41. The highest BCUT2D eigenvalue weighted by molar-refractivity contribution is 6.34. The van der Waals surface area contributed by atoms with Crippen molar-refractivity contribution in [3.63, 3.8) is 0 Å². The molecule has 0 nitrogen and oxygen atoms in total. The summed E-state index contributed by atoms with van der Waals surface area (Å²) in [7, 11) is 0. The molecule has 0 radical (unpaired) electrons. The Hall–Kier alpha value is -0.690. The van der Waals surface area contributed by atoms with Crippen LogP contribution < -0.4 is 0 Å². The Kier molecular flexibility index (Phi) is 4.26. The fourth-order valence-electron chi connectivity index (χ4n) is 2.96. The minimum Gasteiger partial charge on any atom is -0.117 e. The van der Waals surface area contributed by atoms with Gasteiger partial charge < -0.3 is 0 Å². The van der Waals surface area contributed by atoms with Crippen LogP contribution in [0.25, 0.3) is 0 Å². The molecular weight excluding hydrogens is 311 g/mol. The van der Waals surface area contributed by atoms with Crippen LogP contribution in [0.4, 0.5) is 0 Å². The molecule has 3 rings (SSSR count). The lowest BCUT2D eigenvalue weighted by Gasteiger charge is -2.29. The normalized spacial score (nSPS) is 19.4. The van der Waals surface area contributed by atoms with Crippen molar-refractivity contribution in [3.05, 3.63) is 69.2 Å². The molecule has 2 atom stereocenters. The Morgan fingerprint density at radius 2 is 1.75 bits per heavy atom. The number of aryl methyl sites for hydroxylation is 1. The standard InChI is InChI=1S/C17H15Cl3/c18-14-7-8-16(19)15(10-14)17(20)13-6-5-11-3-1-2-4-12(11)9-13/h1-4,7-8,10,13,17H,5-6,9H2. The molecule has 0 aliphatic heterocycles. The second kappa shape index (κ2) is 5.97. The number of hydrogen-bond donors (Lipinski definition) is 0. The first-order valence-corrected chi connectivity index (χ1v) is 8.00. The average Bonchev–Trinajstić information content (AvgIpc) is 2.48. The summed E-state index contributed by atoms with van der Waals surface area (Å²) in [6, 6.07) is 14.1. The van der Waals surface area contributed by atoms with Crippen LogP contribution in [-0.2, 0) is 12.8 Å². The first-order chi connectivity index (χ1) is 9.65. The van der Waals surface area contributed by atoms with E-state index in [4.69, 9.17) is 34.8 Å². The highest BCUT2D eigenvalue weighted by Gasteiger charge is 2.27. The van der Waals surface area contributed by atoms with E-state index in [9.17, 15) is 0 Å². The monoisotopic (exact) mass is 324 g/mol. The van der Waals surface area contributed by atoms with Gasteiger partial charge in [0.2, 0.25) is 0 Å².